The summed E-state index contributed by atoms with van der Waals surface area (Å²) in [5, 5.41) is 3.61. The molecule has 3 N–H and O–H groups in total. The lowest BCUT2D eigenvalue weighted by atomic mass is 9.86. The lowest BCUT2D eigenvalue weighted by Crippen LogP contribution is -2.29. The number of nitrogens with two attached hydrogens (primary N) is 1. The highest BCUT2D eigenvalue weighted by atomic mass is 14.9. The third kappa shape index (κ3) is 3.47. The van der Waals surface area contributed by atoms with Gasteiger partial charge in [0, 0.05) is 18.3 Å². The van der Waals surface area contributed by atoms with Crippen molar-refractivity contribution in [2.24, 2.45) is 11.7 Å². The first kappa shape index (κ1) is 12.4. The van der Waals surface area contributed by atoms with Crippen molar-refractivity contribution < 1.29 is 0 Å². The first-order valence-electron chi connectivity index (χ1n) is 6.87. The zero-order valence-corrected chi connectivity index (χ0v) is 10.8. The maximum atomic E-state index is 5.93. The minimum absolute atomic E-state index is 0.453. The average Bonchev–Trinajstić information content (AvgIpc) is 2.38. The van der Waals surface area contributed by atoms with Crippen molar-refractivity contribution in [3.05, 3.63) is 29.8 Å². The highest BCUT2D eigenvalue weighted by molar-refractivity contribution is 5.51. The Morgan fingerprint density at radius 1 is 1.18 bits per heavy atom. The first-order chi connectivity index (χ1) is 8.29. The van der Waals surface area contributed by atoms with Crippen molar-refractivity contribution in [1.82, 2.24) is 0 Å². The third-order valence-corrected chi connectivity index (χ3v) is 3.87. The van der Waals surface area contributed by atoms with Gasteiger partial charge in [0.05, 0.1) is 0 Å². The van der Waals surface area contributed by atoms with Crippen molar-refractivity contribution >= 4 is 5.69 Å². The molecular formula is C15H24N2. The van der Waals surface area contributed by atoms with E-state index in [1.807, 2.05) is 0 Å². The van der Waals surface area contributed by atoms with E-state index in [2.05, 4.69) is 36.5 Å². The van der Waals surface area contributed by atoms with E-state index < -0.39 is 0 Å². The first-order valence-corrected chi connectivity index (χ1v) is 6.87. The Balaban J connectivity index is 1.85. The van der Waals surface area contributed by atoms with Crippen molar-refractivity contribution in [2.45, 2.75) is 45.1 Å². The Labute approximate surface area is 105 Å². The minimum Gasteiger partial charge on any atom is -0.385 e. The molecule has 2 rings (SSSR count). The lowest BCUT2D eigenvalue weighted by Gasteiger charge is -2.26. The zero-order chi connectivity index (χ0) is 12.1. The standard InChI is InChI=1S/C15H24N2/c1-2-13-5-3-4-6-15(13)17-11-12-7-9-14(16)10-8-12/h3-6,12,14,17H,2,7-11,16H2,1H3. The molecule has 0 atom stereocenters. The summed E-state index contributed by atoms with van der Waals surface area (Å²) in [6.07, 6.45) is 6.05. The van der Waals surface area contributed by atoms with Gasteiger partial charge in [-0.1, -0.05) is 25.1 Å². The fourth-order valence-electron chi connectivity index (χ4n) is 2.65. The summed E-state index contributed by atoms with van der Waals surface area (Å²) in [7, 11) is 0. The largest absolute Gasteiger partial charge is 0.385 e. The molecule has 0 amide bonds. The molecule has 1 fully saturated rings. The van der Waals surface area contributed by atoms with Gasteiger partial charge in [-0.05, 0) is 49.7 Å². The SMILES string of the molecule is CCc1ccccc1NCC1CCC(N)CC1. The van der Waals surface area contributed by atoms with Crippen LogP contribution in [0.5, 0.6) is 0 Å². The molecule has 2 heteroatoms. The maximum absolute atomic E-state index is 5.93. The summed E-state index contributed by atoms with van der Waals surface area (Å²) in [5.74, 6) is 0.805. The van der Waals surface area contributed by atoms with Gasteiger partial charge in [0.1, 0.15) is 0 Å². The van der Waals surface area contributed by atoms with Crippen LogP contribution in [0.25, 0.3) is 0 Å². The highest BCUT2D eigenvalue weighted by Gasteiger charge is 2.18. The predicted octanol–water partition coefficient (Wildman–Crippen LogP) is 3.18. The molecule has 1 aromatic carbocycles. The van der Waals surface area contributed by atoms with E-state index >= 15 is 0 Å². The predicted molar refractivity (Wildman–Crippen MR) is 74.2 cm³/mol. The number of para-hydroxylation sites is 1. The normalized spacial score (nSPS) is 24.6. The molecule has 1 aliphatic carbocycles. The van der Waals surface area contributed by atoms with Crippen LogP contribution < -0.4 is 11.1 Å². The van der Waals surface area contributed by atoms with E-state index in [9.17, 15) is 0 Å². The van der Waals surface area contributed by atoms with E-state index in [0.29, 0.717) is 6.04 Å². The Morgan fingerprint density at radius 2 is 1.88 bits per heavy atom. The summed E-state index contributed by atoms with van der Waals surface area (Å²) >= 11 is 0. The van der Waals surface area contributed by atoms with E-state index in [-0.39, 0.29) is 0 Å². The second kappa shape index (κ2) is 6.06. The Kier molecular flexibility index (Phi) is 4.43. The maximum Gasteiger partial charge on any atom is 0.0372 e. The number of anilines is 1. The number of nitrogens with one attached hydrogen (secondary N) is 1. The van der Waals surface area contributed by atoms with Crippen molar-refractivity contribution in [1.29, 1.82) is 0 Å². The molecule has 0 unspecified atom stereocenters. The van der Waals surface area contributed by atoms with Crippen molar-refractivity contribution in [3.63, 3.8) is 0 Å². The van der Waals surface area contributed by atoms with Gasteiger partial charge in [-0.2, -0.15) is 0 Å². The summed E-state index contributed by atoms with van der Waals surface area (Å²) in [4.78, 5) is 0. The molecule has 0 heterocycles. The van der Waals surface area contributed by atoms with Crippen LogP contribution in [-0.2, 0) is 6.42 Å². The van der Waals surface area contributed by atoms with Crippen molar-refractivity contribution in [3.8, 4) is 0 Å². The summed E-state index contributed by atoms with van der Waals surface area (Å²) in [6.45, 7) is 3.31. The van der Waals surface area contributed by atoms with Crippen LogP contribution in [0.2, 0.25) is 0 Å². The molecule has 2 nitrogen and oxygen atoms in total. The van der Waals surface area contributed by atoms with Crippen LogP contribution in [0.3, 0.4) is 0 Å². The van der Waals surface area contributed by atoms with Gasteiger partial charge in [0.2, 0.25) is 0 Å². The van der Waals surface area contributed by atoms with Gasteiger partial charge in [-0.25, -0.2) is 0 Å². The van der Waals surface area contributed by atoms with Gasteiger partial charge < -0.3 is 11.1 Å². The third-order valence-electron chi connectivity index (χ3n) is 3.87. The van der Waals surface area contributed by atoms with Gasteiger partial charge in [0.25, 0.3) is 0 Å². The van der Waals surface area contributed by atoms with Crippen LogP contribution in [0, 0.1) is 5.92 Å². The molecule has 0 aliphatic heterocycles. The number of aryl methyl sites for hydroxylation is 1. The number of hydrogen-bond acceptors (Lipinski definition) is 2. The minimum atomic E-state index is 0.453. The average molecular weight is 232 g/mol. The fourth-order valence-corrected chi connectivity index (χ4v) is 2.65. The molecular weight excluding hydrogens is 208 g/mol. The van der Waals surface area contributed by atoms with Gasteiger partial charge in [-0.3, -0.25) is 0 Å². The molecule has 1 aliphatic rings. The Hall–Kier alpha value is -1.02. The summed E-state index contributed by atoms with van der Waals surface area (Å²) in [6, 6.07) is 9.07. The smallest absolute Gasteiger partial charge is 0.0372 e. The fraction of sp³-hybridized carbons (Fsp3) is 0.600. The molecule has 0 saturated heterocycles. The van der Waals surface area contributed by atoms with Crippen LogP contribution in [-0.4, -0.2) is 12.6 Å². The Morgan fingerprint density at radius 3 is 2.59 bits per heavy atom. The number of benzene rings is 1. The quantitative estimate of drug-likeness (QED) is 0.836. The summed E-state index contributed by atoms with van der Waals surface area (Å²) in [5.41, 5.74) is 8.66. The zero-order valence-electron chi connectivity index (χ0n) is 10.8. The molecule has 0 bridgehead atoms. The van der Waals surface area contributed by atoms with Crippen LogP contribution >= 0.6 is 0 Å². The van der Waals surface area contributed by atoms with Gasteiger partial charge >= 0.3 is 0 Å². The molecule has 1 saturated carbocycles. The molecule has 0 radical (unpaired) electrons. The number of rotatable bonds is 4. The summed E-state index contributed by atoms with van der Waals surface area (Å²) < 4.78 is 0. The van der Waals surface area contributed by atoms with E-state index in [0.717, 1.165) is 18.9 Å². The van der Waals surface area contributed by atoms with E-state index in [4.69, 9.17) is 5.73 Å². The van der Waals surface area contributed by atoms with Crippen LogP contribution in [0.4, 0.5) is 5.69 Å². The lowest BCUT2D eigenvalue weighted by molar-refractivity contribution is 0.339. The van der Waals surface area contributed by atoms with Crippen molar-refractivity contribution in [2.75, 3.05) is 11.9 Å². The molecule has 0 aromatic heterocycles. The second-order valence-corrected chi connectivity index (χ2v) is 5.17. The molecule has 0 spiro atoms. The van der Waals surface area contributed by atoms with Gasteiger partial charge in [-0.15, -0.1) is 0 Å². The molecule has 17 heavy (non-hydrogen) atoms. The van der Waals surface area contributed by atoms with Gasteiger partial charge in [0.15, 0.2) is 0 Å². The van der Waals surface area contributed by atoms with E-state index in [1.54, 1.807) is 0 Å². The van der Waals surface area contributed by atoms with Crippen LogP contribution in [0.1, 0.15) is 38.2 Å². The highest BCUT2D eigenvalue weighted by Crippen LogP contribution is 2.24. The monoisotopic (exact) mass is 232 g/mol. The number of hydrogen-bond donors (Lipinski definition) is 2. The topological polar surface area (TPSA) is 38.0 Å². The Bertz CT molecular complexity index is 341. The van der Waals surface area contributed by atoms with Crippen LogP contribution in [0.15, 0.2) is 24.3 Å². The molecule has 94 valence electrons. The molecule has 1 aromatic rings. The van der Waals surface area contributed by atoms with E-state index in [1.165, 1.54) is 36.9 Å². The second-order valence-electron chi connectivity index (χ2n) is 5.17.